The van der Waals surface area contributed by atoms with Crippen LogP contribution < -0.4 is 5.73 Å². The molecule has 0 amide bonds. The van der Waals surface area contributed by atoms with Gasteiger partial charge in [0.2, 0.25) is 0 Å². The number of rotatable bonds is 4. The van der Waals surface area contributed by atoms with Crippen molar-refractivity contribution in [1.29, 1.82) is 0 Å². The van der Waals surface area contributed by atoms with Crippen LogP contribution >= 0.6 is 0 Å². The predicted octanol–water partition coefficient (Wildman–Crippen LogP) is 1.33. The van der Waals surface area contributed by atoms with Crippen molar-refractivity contribution < 1.29 is 17.2 Å². The van der Waals surface area contributed by atoms with Crippen molar-refractivity contribution in [1.82, 2.24) is 0 Å². The van der Waals surface area contributed by atoms with Crippen molar-refractivity contribution in [3.8, 4) is 0 Å². The number of hydrogen-bond donors (Lipinski definition) is 1. The first-order valence-corrected chi connectivity index (χ1v) is 6.40. The van der Waals surface area contributed by atoms with Crippen molar-refractivity contribution >= 4 is 9.84 Å². The van der Waals surface area contributed by atoms with E-state index in [2.05, 4.69) is 0 Å². The third-order valence-electron chi connectivity index (χ3n) is 2.16. The van der Waals surface area contributed by atoms with Crippen LogP contribution in [-0.2, 0) is 9.84 Å². The molecule has 90 valence electrons. The zero-order chi connectivity index (χ0) is 12.3. The second kappa shape index (κ2) is 4.88. The van der Waals surface area contributed by atoms with E-state index >= 15 is 0 Å². The normalized spacial score (nSPS) is 13.8. The van der Waals surface area contributed by atoms with E-state index in [9.17, 15) is 17.2 Å². The summed E-state index contributed by atoms with van der Waals surface area (Å²) in [5.74, 6) is -2.63. The molecule has 0 fully saturated rings. The van der Waals surface area contributed by atoms with Gasteiger partial charge in [0.25, 0.3) is 0 Å². The van der Waals surface area contributed by atoms with Crippen LogP contribution in [0.3, 0.4) is 0 Å². The van der Waals surface area contributed by atoms with E-state index in [1.807, 2.05) is 0 Å². The van der Waals surface area contributed by atoms with Crippen molar-refractivity contribution in [2.75, 3.05) is 12.3 Å². The Kier molecular flexibility index (Phi) is 3.98. The van der Waals surface area contributed by atoms with Crippen molar-refractivity contribution in [3.05, 3.63) is 29.8 Å². The zero-order valence-electron chi connectivity index (χ0n) is 8.78. The summed E-state index contributed by atoms with van der Waals surface area (Å²) in [5, 5.41) is 0. The zero-order valence-corrected chi connectivity index (χ0v) is 9.60. The summed E-state index contributed by atoms with van der Waals surface area (Å²) in [7, 11) is -3.60. The maximum Gasteiger partial charge on any atom is 0.178 e. The van der Waals surface area contributed by atoms with Gasteiger partial charge in [0.1, 0.15) is 0 Å². The second-order valence-electron chi connectivity index (χ2n) is 3.70. The molecule has 0 bridgehead atoms. The third-order valence-corrected chi connectivity index (χ3v) is 4.14. The number of halogens is 2. The molecule has 0 spiro atoms. The van der Waals surface area contributed by atoms with Gasteiger partial charge >= 0.3 is 0 Å². The molecular weight excluding hydrogens is 236 g/mol. The lowest BCUT2D eigenvalue weighted by Gasteiger charge is -2.09. The maximum absolute atomic E-state index is 12.9. The number of sulfone groups is 1. The first kappa shape index (κ1) is 13.1. The summed E-state index contributed by atoms with van der Waals surface area (Å²) in [6.07, 6.45) is 0. The molecule has 0 aliphatic carbocycles. The Bertz CT molecular complexity index is 474. The maximum atomic E-state index is 12.9. The molecule has 2 N–H and O–H groups in total. The van der Waals surface area contributed by atoms with Crippen LogP contribution in [0.5, 0.6) is 0 Å². The van der Waals surface area contributed by atoms with Gasteiger partial charge in [0.15, 0.2) is 21.5 Å². The molecule has 1 aromatic carbocycles. The molecule has 0 saturated heterocycles. The molecule has 0 saturated carbocycles. The summed E-state index contributed by atoms with van der Waals surface area (Å²) in [6.45, 7) is 1.90. The van der Waals surface area contributed by atoms with Crippen LogP contribution in [0.1, 0.15) is 6.92 Å². The minimum Gasteiger partial charge on any atom is -0.330 e. The fourth-order valence-corrected chi connectivity index (χ4v) is 2.85. The highest BCUT2D eigenvalue weighted by molar-refractivity contribution is 7.91. The van der Waals surface area contributed by atoms with Gasteiger partial charge in [-0.25, -0.2) is 17.2 Å². The summed E-state index contributed by atoms with van der Waals surface area (Å²) >= 11 is 0. The Morgan fingerprint density at radius 3 is 2.44 bits per heavy atom. The van der Waals surface area contributed by atoms with Gasteiger partial charge in [0, 0.05) is 0 Å². The standard InChI is InChI=1S/C10H13F2NO2S/c1-7(5-13)6-16(14,15)8-2-3-9(11)10(12)4-8/h2-4,7H,5-6,13H2,1H3. The van der Waals surface area contributed by atoms with Gasteiger partial charge in [-0.1, -0.05) is 6.92 Å². The van der Waals surface area contributed by atoms with Crippen molar-refractivity contribution in [3.63, 3.8) is 0 Å². The molecular formula is C10H13F2NO2S. The van der Waals surface area contributed by atoms with Crippen molar-refractivity contribution in [2.45, 2.75) is 11.8 Å². The largest absolute Gasteiger partial charge is 0.330 e. The van der Waals surface area contributed by atoms with Crippen LogP contribution in [0, 0.1) is 17.6 Å². The second-order valence-corrected chi connectivity index (χ2v) is 5.73. The van der Waals surface area contributed by atoms with E-state index in [0.29, 0.717) is 6.07 Å². The summed E-state index contributed by atoms with van der Waals surface area (Å²) in [5.41, 5.74) is 5.31. The molecule has 16 heavy (non-hydrogen) atoms. The summed E-state index contributed by atoms with van der Waals surface area (Å²) in [6, 6.07) is 2.54. The van der Waals surface area contributed by atoms with Gasteiger partial charge < -0.3 is 5.73 Å². The Balaban J connectivity index is 3.03. The van der Waals surface area contributed by atoms with Gasteiger partial charge in [-0.3, -0.25) is 0 Å². The lowest BCUT2D eigenvalue weighted by Crippen LogP contribution is -2.21. The van der Waals surface area contributed by atoms with Crippen LogP contribution in [0.15, 0.2) is 23.1 Å². The van der Waals surface area contributed by atoms with Crippen LogP contribution in [0.4, 0.5) is 8.78 Å². The minimum atomic E-state index is -3.60. The molecule has 0 radical (unpaired) electrons. The number of benzene rings is 1. The lowest BCUT2D eigenvalue weighted by molar-refractivity contribution is 0.504. The Morgan fingerprint density at radius 1 is 1.31 bits per heavy atom. The van der Waals surface area contributed by atoms with Gasteiger partial charge in [-0.15, -0.1) is 0 Å². The van der Waals surface area contributed by atoms with Crippen molar-refractivity contribution in [2.24, 2.45) is 11.7 Å². The fraction of sp³-hybridized carbons (Fsp3) is 0.400. The van der Waals surface area contributed by atoms with E-state index in [1.54, 1.807) is 6.92 Å². The minimum absolute atomic E-state index is 0.172. The average Bonchev–Trinajstić information content (AvgIpc) is 2.21. The topological polar surface area (TPSA) is 60.2 Å². The lowest BCUT2D eigenvalue weighted by atomic mass is 10.2. The molecule has 1 unspecified atom stereocenters. The monoisotopic (exact) mass is 249 g/mol. The van der Waals surface area contributed by atoms with E-state index in [4.69, 9.17) is 5.73 Å². The molecule has 0 aliphatic rings. The first-order valence-electron chi connectivity index (χ1n) is 4.74. The predicted molar refractivity (Wildman–Crippen MR) is 56.6 cm³/mol. The van der Waals surface area contributed by atoms with E-state index < -0.39 is 21.5 Å². The van der Waals surface area contributed by atoms with Crippen LogP contribution in [0.2, 0.25) is 0 Å². The van der Waals surface area contributed by atoms with Crippen LogP contribution in [-0.4, -0.2) is 20.7 Å². The quantitative estimate of drug-likeness (QED) is 0.819. The van der Waals surface area contributed by atoms with E-state index in [-0.39, 0.29) is 23.1 Å². The highest BCUT2D eigenvalue weighted by Gasteiger charge is 2.19. The SMILES string of the molecule is CC(CN)CS(=O)(=O)c1ccc(F)c(F)c1. The number of hydrogen-bond acceptors (Lipinski definition) is 3. The van der Waals surface area contributed by atoms with E-state index in [1.165, 1.54) is 0 Å². The summed E-state index contributed by atoms with van der Waals surface area (Å²) in [4.78, 5) is -0.216. The Hall–Kier alpha value is -1.01. The molecule has 0 aliphatic heterocycles. The first-order chi connectivity index (χ1) is 7.36. The molecule has 1 rings (SSSR count). The van der Waals surface area contributed by atoms with E-state index in [0.717, 1.165) is 12.1 Å². The fourth-order valence-electron chi connectivity index (χ4n) is 1.21. The smallest absolute Gasteiger partial charge is 0.178 e. The Labute approximate surface area is 93.2 Å². The van der Waals surface area contributed by atoms with Gasteiger partial charge in [0.05, 0.1) is 10.6 Å². The average molecular weight is 249 g/mol. The Morgan fingerprint density at radius 2 is 1.94 bits per heavy atom. The van der Waals surface area contributed by atoms with Gasteiger partial charge in [-0.05, 0) is 30.7 Å². The molecule has 1 atom stereocenters. The molecule has 3 nitrogen and oxygen atoms in total. The molecule has 1 aromatic rings. The molecule has 0 aromatic heterocycles. The summed E-state index contributed by atoms with van der Waals surface area (Å²) < 4.78 is 48.9. The van der Waals surface area contributed by atoms with Gasteiger partial charge in [-0.2, -0.15) is 0 Å². The third kappa shape index (κ3) is 2.99. The van der Waals surface area contributed by atoms with Crippen LogP contribution in [0.25, 0.3) is 0 Å². The molecule has 6 heteroatoms. The molecule has 0 heterocycles. The highest BCUT2D eigenvalue weighted by atomic mass is 32.2. The highest BCUT2D eigenvalue weighted by Crippen LogP contribution is 2.17. The number of nitrogens with two attached hydrogens (primary N) is 1.